The lowest BCUT2D eigenvalue weighted by atomic mass is 10.1. The largest absolute Gasteiger partial charge is 0.497 e. The Morgan fingerprint density at radius 1 is 0.943 bits per heavy atom. The molecule has 0 fully saturated rings. The summed E-state index contributed by atoms with van der Waals surface area (Å²) in [5, 5.41) is 5.35. The molecular weight excluding hydrogens is 460 g/mol. The summed E-state index contributed by atoms with van der Waals surface area (Å²) in [7, 11) is 1.63. The molecule has 0 atom stereocenters. The van der Waals surface area contributed by atoms with Crippen LogP contribution in [0.3, 0.4) is 0 Å². The van der Waals surface area contributed by atoms with Crippen LogP contribution in [0.25, 0.3) is 34.3 Å². The number of aromatic nitrogens is 2. The van der Waals surface area contributed by atoms with Gasteiger partial charge in [0.2, 0.25) is 5.78 Å². The van der Waals surface area contributed by atoms with Crippen molar-refractivity contribution in [2.45, 2.75) is 0 Å². The predicted molar refractivity (Wildman–Crippen MR) is 138 cm³/mol. The first-order valence-corrected chi connectivity index (χ1v) is 11.4. The Hall–Kier alpha value is -4.35. The van der Waals surface area contributed by atoms with Crippen LogP contribution in [0.4, 0.5) is 0 Å². The first-order valence-electron chi connectivity index (χ1n) is 11.0. The summed E-state index contributed by atoms with van der Waals surface area (Å²) >= 11 is 6.26. The number of carbonyl (C=O) groups excluding carboxylic acids is 1. The quantitative estimate of drug-likeness (QED) is 0.180. The SMILES string of the molecule is COc1ccc(-c2nn(-c3ccccc3)cc2/C=C/C(=O)c2ccc(-c3ccccc3Cl)o2)cc1. The van der Waals surface area contributed by atoms with Gasteiger partial charge in [-0.15, -0.1) is 0 Å². The lowest BCUT2D eigenvalue weighted by Crippen LogP contribution is -1.94. The normalized spacial score (nSPS) is 11.1. The molecule has 0 saturated carbocycles. The molecule has 3 aromatic carbocycles. The van der Waals surface area contributed by atoms with Crippen molar-refractivity contribution < 1.29 is 13.9 Å². The second-order valence-corrected chi connectivity index (χ2v) is 8.19. The number of methoxy groups -OCH3 is 1. The minimum Gasteiger partial charge on any atom is -0.497 e. The highest BCUT2D eigenvalue weighted by atomic mass is 35.5. The first kappa shape index (κ1) is 22.4. The van der Waals surface area contributed by atoms with Crippen molar-refractivity contribution in [3.63, 3.8) is 0 Å². The van der Waals surface area contributed by atoms with Crippen LogP contribution in [-0.2, 0) is 0 Å². The van der Waals surface area contributed by atoms with Crippen LogP contribution in [0.1, 0.15) is 16.1 Å². The first-order chi connectivity index (χ1) is 17.1. The van der Waals surface area contributed by atoms with Crippen molar-refractivity contribution in [3.8, 4) is 34.0 Å². The van der Waals surface area contributed by atoms with Crippen molar-refractivity contribution >= 4 is 23.5 Å². The van der Waals surface area contributed by atoms with Crippen molar-refractivity contribution in [2.24, 2.45) is 0 Å². The van der Waals surface area contributed by atoms with E-state index in [4.69, 9.17) is 25.9 Å². The molecule has 172 valence electrons. The van der Waals surface area contributed by atoms with Crippen LogP contribution in [0.5, 0.6) is 5.75 Å². The van der Waals surface area contributed by atoms with E-state index in [0.717, 1.165) is 33.8 Å². The maximum absolute atomic E-state index is 12.9. The fourth-order valence-electron chi connectivity index (χ4n) is 3.72. The van der Waals surface area contributed by atoms with Gasteiger partial charge in [0.05, 0.1) is 23.5 Å². The number of nitrogens with zero attached hydrogens (tertiary/aromatic N) is 2. The lowest BCUT2D eigenvalue weighted by Gasteiger charge is -2.02. The standard InChI is InChI=1S/C29H21ClN2O3/c1-34-23-14-11-20(12-15-23)29-21(19-32(31-29)22-7-3-2-4-8-22)13-16-26(33)28-18-17-27(35-28)24-9-5-6-10-25(24)30/h2-19H,1H3/b16-13+. The van der Waals surface area contributed by atoms with Gasteiger partial charge in [-0.2, -0.15) is 5.10 Å². The van der Waals surface area contributed by atoms with Crippen molar-refractivity contribution in [3.05, 3.63) is 120 Å². The molecule has 0 aliphatic carbocycles. The third-order valence-electron chi connectivity index (χ3n) is 5.53. The van der Waals surface area contributed by atoms with Crippen molar-refractivity contribution in [1.29, 1.82) is 0 Å². The number of para-hydroxylation sites is 1. The molecule has 6 heteroatoms. The molecule has 35 heavy (non-hydrogen) atoms. The average Bonchev–Trinajstić information content (AvgIpc) is 3.56. The number of hydrogen-bond donors (Lipinski definition) is 0. The van der Waals surface area contributed by atoms with Crippen LogP contribution < -0.4 is 4.74 Å². The molecule has 0 N–H and O–H groups in total. The van der Waals surface area contributed by atoms with E-state index in [1.165, 1.54) is 6.08 Å². The monoisotopic (exact) mass is 480 g/mol. The summed E-state index contributed by atoms with van der Waals surface area (Å²) < 4.78 is 12.9. The molecule has 0 aliphatic heterocycles. The second kappa shape index (κ2) is 9.87. The molecule has 0 saturated heterocycles. The summed E-state index contributed by atoms with van der Waals surface area (Å²) in [5.41, 5.74) is 4.11. The van der Waals surface area contributed by atoms with Gasteiger partial charge in [0.1, 0.15) is 11.5 Å². The van der Waals surface area contributed by atoms with Gasteiger partial charge in [-0.3, -0.25) is 4.79 Å². The zero-order valence-electron chi connectivity index (χ0n) is 18.9. The molecule has 5 aromatic rings. The Morgan fingerprint density at radius 2 is 1.69 bits per heavy atom. The molecule has 0 spiro atoms. The van der Waals surface area contributed by atoms with Crippen LogP contribution in [0.2, 0.25) is 5.02 Å². The molecule has 5 nitrogen and oxygen atoms in total. The Balaban J connectivity index is 1.47. The van der Waals surface area contributed by atoms with Gasteiger partial charge in [0.15, 0.2) is 5.76 Å². The molecular formula is C29H21ClN2O3. The highest BCUT2D eigenvalue weighted by Crippen LogP contribution is 2.30. The molecule has 0 aliphatic rings. The van der Waals surface area contributed by atoms with Crippen LogP contribution in [0, 0.1) is 0 Å². The van der Waals surface area contributed by atoms with Crippen LogP contribution >= 0.6 is 11.6 Å². The third-order valence-corrected chi connectivity index (χ3v) is 5.86. The molecule has 5 rings (SSSR count). The zero-order valence-corrected chi connectivity index (χ0v) is 19.6. The number of furan rings is 1. The molecule has 0 bridgehead atoms. The minimum atomic E-state index is -0.253. The van der Waals surface area contributed by atoms with Gasteiger partial charge < -0.3 is 9.15 Å². The maximum atomic E-state index is 12.9. The van der Waals surface area contributed by atoms with Gasteiger partial charge in [-0.25, -0.2) is 4.68 Å². The van der Waals surface area contributed by atoms with E-state index in [1.807, 2.05) is 79.0 Å². The minimum absolute atomic E-state index is 0.234. The summed E-state index contributed by atoms with van der Waals surface area (Å²) in [6.07, 6.45) is 5.15. The maximum Gasteiger partial charge on any atom is 0.221 e. The van der Waals surface area contributed by atoms with Gasteiger partial charge in [0.25, 0.3) is 0 Å². The Morgan fingerprint density at radius 3 is 2.43 bits per heavy atom. The number of carbonyl (C=O) groups is 1. The van der Waals surface area contributed by atoms with E-state index >= 15 is 0 Å². The lowest BCUT2D eigenvalue weighted by molar-refractivity contribution is 0.102. The second-order valence-electron chi connectivity index (χ2n) is 7.78. The molecule has 2 aromatic heterocycles. The zero-order chi connectivity index (χ0) is 24.2. The number of rotatable bonds is 7. The average molecular weight is 481 g/mol. The van der Waals surface area contributed by atoms with E-state index < -0.39 is 0 Å². The van der Waals surface area contributed by atoms with E-state index in [0.29, 0.717) is 10.8 Å². The number of halogens is 1. The fourth-order valence-corrected chi connectivity index (χ4v) is 3.95. The Labute approximate surface area is 207 Å². The van der Waals surface area contributed by atoms with Gasteiger partial charge in [0, 0.05) is 22.9 Å². The number of hydrogen-bond acceptors (Lipinski definition) is 4. The number of benzene rings is 3. The van der Waals surface area contributed by atoms with Gasteiger partial charge in [-0.1, -0.05) is 41.9 Å². The van der Waals surface area contributed by atoms with E-state index in [9.17, 15) is 4.79 Å². The smallest absolute Gasteiger partial charge is 0.221 e. The molecule has 0 radical (unpaired) electrons. The van der Waals surface area contributed by atoms with Crippen LogP contribution in [0.15, 0.2) is 108 Å². The van der Waals surface area contributed by atoms with Gasteiger partial charge in [-0.05, 0) is 72.8 Å². The molecule has 0 amide bonds. The highest BCUT2D eigenvalue weighted by molar-refractivity contribution is 6.33. The summed E-state index contributed by atoms with van der Waals surface area (Å²) in [5.74, 6) is 1.29. The van der Waals surface area contributed by atoms with Gasteiger partial charge >= 0.3 is 0 Å². The van der Waals surface area contributed by atoms with E-state index in [2.05, 4.69) is 0 Å². The van der Waals surface area contributed by atoms with E-state index in [1.54, 1.807) is 36.1 Å². The van der Waals surface area contributed by atoms with E-state index in [-0.39, 0.29) is 11.5 Å². The topological polar surface area (TPSA) is 57.3 Å². The van der Waals surface area contributed by atoms with Crippen molar-refractivity contribution in [2.75, 3.05) is 7.11 Å². The number of ketones is 1. The summed E-state index contributed by atoms with van der Waals surface area (Å²) in [6, 6.07) is 28.2. The highest BCUT2D eigenvalue weighted by Gasteiger charge is 2.14. The molecule has 2 heterocycles. The number of ether oxygens (including phenoxy) is 1. The fraction of sp³-hybridized carbons (Fsp3) is 0.0345. The van der Waals surface area contributed by atoms with Crippen LogP contribution in [-0.4, -0.2) is 22.7 Å². The summed E-state index contributed by atoms with van der Waals surface area (Å²) in [4.78, 5) is 12.9. The third kappa shape index (κ3) is 4.81. The predicted octanol–water partition coefficient (Wildman–Crippen LogP) is 7.36. The molecule has 0 unspecified atom stereocenters. The van der Waals surface area contributed by atoms with Crippen molar-refractivity contribution in [1.82, 2.24) is 9.78 Å². The number of allylic oxidation sites excluding steroid dienone is 1. The summed E-state index contributed by atoms with van der Waals surface area (Å²) in [6.45, 7) is 0. The Kier molecular flexibility index (Phi) is 6.33. The Bertz CT molecular complexity index is 1500.